The van der Waals surface area contributed by atoms with E-state index in [-0.39, 0.29) is 23.0 Å². The van der Waals surface area contributed by atoms with Gasteiger partial charge in [0.15, 0.2) is 11.1 Å². The second kappa shape index (κ2) is 4.23. The predicted molar refractivity (Wildman–Crippen MR) is 47.7 cm³/mol. The monoisotopic (exact) mass is 175 g/mol. The fraction of sp³-hybridized carbons (Fsp3) is 0.667. The van der Waals surface area contributed by atoms with E-state index in [0.717, 1.165) is 0 Å². The maximum absolute atomic E-state index is 10.7. The molecule has 4 N–H and O–H groups in total. The number of thiol groups is 1. The van der Waals surface area contributed by atoms with Gasteiger partial charge >= 0.3 is 0 Å². The number of carbonyl (C=O) groups excluding carboxylic acids is 1. The van der Waals surface area contributed by atoms with Crippen molar-refractivity contribution in [2.45, 2.75) is 19.9 Å². The molecule has 0 aromatic heterocycles. The molecule has 0 bridgehead atoms. The van der Waals surface area contributed by atoms with Gasteiger partial charge in [0.1, 0.15) is 0 Å². The van der Waals surface area contributed by atoms with Gasteiger partial charge < -0.3 is 11.1 Å². The second-order valence-corrected chi connectivity index (χ2v) is 2.91. The minimum absolute atomic E-state index is 0.126. The third-order valence-electron chi connectivity index (χ3n) is 1.52. The molecule has 4 nitrogen and oxygen atoms in total. The zero-order valence-electron chi connectivity index (χ0n) is 6.59. The van der Waals surface area contributed by atoms with Crippen LogP contribution >= 0.6 is 12.6 Å². The molecule has 0 heterocycles. The van der Waals surface area contributed by atoms with Gasteiger partial charge in [0.05, 0.1) is 0 Å². The van der Waals surface area contributed by atoms with Crippen molar-refractivity contribution in [3.63, 3.8) is 0 Å². The van der Waals surface area contributed by atoms with Gasteiger partial charge in [-0.2, -0.15) is 0 Å². The van der Waals surface area contributed by atoms with Crippen LogP contribution in [0.3, 0.4) is 0 Å². The van der Waals surface area contributed by atoms with E-state index in [1.807, 2.05) is 0 Å². The molecule has 0 aromatic carbocycles. The molecule has 2 atom stereocenters. The summed E-state index contributed by atoms with van der Waals surface area (Å²) in [7, 11) is 0. The summed E-state index contributed by atoms with van der Waals surface area (Å²) in [5.41, 5.74) is 5.07. The number of rotatable bonds is 3. The largest absolute Gasteiger partial charge is 0.370 e. The lowest BCUT2D eigenvalue weighted by Crippen LogP contribution is -2.42. The van der Waals surface area contributed by atoms with Crippen LogP contribution in [0.1, 0.15) is 13.8 Å². The summed E-state index contributed by atoms with van der Waals surface area (Å²) in [6.07, 6.45) is 0. The van der Waals surface area contributed by atoms with Gasteiger partial charge in [0, 0.05) is 12.0 Å². The third kappa shape index (κ3) is 3.87. The molecule has 0 aliphatic rings. The zero-order valence-corrected chi connectivity index (χ0v) is 7.48. The number of hydrogen-bond donors (Lipinski definition) is 4. The van der Waals surface area contributed by atoms with Crippen LogP contribution < -0.4 is 11.1 Å². The van der Waals surface area contributed by atoms with E-state index in [4.69, 9.17) is 11.1 Å². The van der Waals surface area contributed by atoms with Crippen molar-refractivity contribution >= 4 is 23.7 Å². The van der Waals surface area contributed by atoms with Crippen molar-refractivity contribution in [2.75, 3.05) is 0 Å². The fourth-order valence-electron chi connectivity index (χ4n) is 0.584. The number of nitrogens with one attached hydrogen (secondary N) is 2. The molecule has 0 radical (unpaired) electrons. The van der Waals surface area contributed by atoms with Crippen LogP contribution in [0.5, 0.6) is 0 Å². The Kier molecular flexibility index (Phi) is 3.95. The Bertz CT molecular complexity index is 171. The minimum Gasteiger partial charge on any atom is -0.370 e. The summed E-state index contributed by atoms with van der Waals surface area (Å²) in [4.78, 5) is 10.7. The Morgan fingerprint density at radius 1 is 1.64 bits per heavy atom. The number of guanidine groups is 1. The van der Waals surface area contributed by atoms with Crippen LogP contribution in [-0.4, -0.2) is 17.1 Å². The van der Waals surface area contributed by atoms with Gasteiger partial charge in [-0.3, -0.25) is 10.2 Å². The standard InChI is InChI=1S/C6H13N3OS/c1-3(5(10)11)4(2)9-6(7)8/h3-4H,1-2H3,(H,10,11)(H4,7,8,9). The molecular formula is C6H13N3OS. The Hall–Kier alpha value is -0.710. The number of nitrogens with two attached hydrogens (primary N) is 1. The first kappa shape index (κ1) is 10.3. The van der Waals surface area contributed by atoms with Crippen molar-refractivity contribution in [2.24, 2.45) is 11.7 Å². The molecule has 0 saturated carbocycles. The molecule has 0 spiro atoms. The van der Waals surface area contributed by atoms with Crippen LogP contribution in [-0.2, 0) is 4.79 Å². The van der Waals surface area contributed by atoms with Crippen LogP contribution in [0.4, 0.5) is 0 Å². The van der Waals surface area contributed by atoms with Crippen molar-refractivity contribution < 1.29 is 4.79 Å². The van der Waals surface area contributed by atoms with Gasteiger partial charge in [-0.1, -0.05) is 6.92 Å². The normalized spacial score (nSPS) is 15.2. The lowest BCUT2D eigenvalue weighted by atomic mass is 10.1. The minimum atomic E-state index is -0.234. The Balaban J connectivity index is 3.92. The van der Waals surface area contributed by atoms with Gasteiger partial charge in [-0.25, -0.2) is 0 Å². The van der Waals surface area contributed by atoms with Crippen LogP contribution in [0, 0.1) is 11.3 Å². The summed E-state index contributed by atoms with van der Waals surface area (Å²) < 4.78 is 0. The van der Waals surface area contributed by atoms with E-state index in [2.05, 4.69) is 17.9 Å². The summed E-state index contributed by atoms with van der Waals surface area (Å²) >= 11 is 3.66. The number of hydrogen-bond acceptors (Lipinski definition) is 2. The van der Waals surface area contributed by atoms with Crippen molar-refractivity contribution in [1.29, 1.82) is 5.41 Å². The van der Waals surface area contributed by atoms with Gasteiger partial charge in [0.2, 0.25) is 0 Å². The molecule has 0 aromatic rings. The molecule has 0 fully saturated rings. The Labute approximate surface area is 71.5 Å². The Morgan fingerprint density at radius 3 is 2.36 bits per heavy atom. The van der Waals surface area contributed by atoms with Gasteiger partial charge in [0.25, 0.3) is 0 Å². The maximum atomic E-state index is 10.7. The van der Waals surface area contributed by atoms with E-state index in [1.165, 1.54) is 0 Å². The average Bonchev–Trinajstić information content (AvgIpc) is 1.84. The van der Waals surface area contributed by atoms with Crippen molar-refractivity contribution in [3.8, 4) is 0 Å². The van der Waals surface area contributed by atoms with Crippen molar-refractivity contribution in [3.05, 3.63) is 0 Å². The van der Waals surface area contributed by atoms with E-state index in [0.29, 0.717) is 0 Å². The van der Waals surface area contributed by atoms with E-state index in [9.17, 15) is 4.79 Å². The highest BCUT2D eigenvalue weighted by atomic mass is 32.1. The van der Waals surface area contributed by atoms with E-state index < -0.39 is 0 Å². The predicted octanol–water partition coefficient (Wildman–Crippen LogP) is -0.0495. The molecule has 0 aliphatic carbocycles. The Morgan fingerprint density at radius 2 is 2.09 bits per heavy atom. The fourth-order valence-corrected chi connectivity index (χ4v) is 0.808. The first-order valence-electron chi connectivity index (χ1n) is 3.28. The van der Waals surface area contributed by atoms with Crippen LogP contribution in [0.2, 0.25) is 0 Å². The summed E-state index contributed by atoms with van der Waals surface area (Å²) in [6, 6.07) is -0.141. The molecule has 0 saturated heterocycles. The molecule has 0 aliphatic heterocycles. The molecule has 64 valence electrons. The topological polar surface area (TPSA) is 79.0 Å². The quantitative estimate of drug-likeness (QED) is 0.276. The summed E-state index contributed by atoms with van der Waals surface area (Å²) in [5, 5.41) is 9.30. The molecular weight excluding hydrogens is 162 g/mol. The molecule has 11 heavy (non-hydrogen) atoms. The SMILES string of the molecule is CC(NC(=N)N)C(C)C(=O)S. The smallest absolute Gasteiger partial charge is 0.190 e. The third-order valence-corrected chi connectivity index (χ3v) is 1.93. The average molecular weight is 175 g/mol. The lowest BCUT2D eigenvalue weighted by molar-refractivity contribution is -0.114. The molecule has 0 amide bonds. The maximum Gasteiger partial charge on any atom is 0.190 e. The first-order chi connectivity index (χ1) is 4.95. The molecule has 5 heteroatoms. The second-order valence-electron chi connectivity index (χ2n) is 2.47. The number of carbonyl (C=O) groups is 1. The van der Waals surface area contributed by atoms with E-state index in [1.54, 1.807) is 13.8 Å². The highest BCUT2D eigenvalue weighted by molar-refractivity contribution is 7.96. The highest BCUT2D eigenvalue weighted by Crippen LogP contribution is 2.05. The zero-order chi connectivity index (χ0) is 9.02. The molecule has 0 rings (SSSR count). The summed E-state index contributed by atoms with van der Waals surface area (Å²) in [6.45, 7) is 3.51. The van der Waals surface area contributed by atoms with Crippen LogP contribution in [0.25, 0.3) is 0 Å². The van der Waals surface area contributed by atoms with Crippen molar-refractivity contribution in [1.82, 2.24) is 5.32 Å². The lowest BCUT2D eigenvalue weighted by Gasteiger charge is -2.17. The van der Waals surface area contributed by atoms with Crippen LogP contribution in [0.15, 0.2) is 0 Å². The van der Waals surface area contributed by atoms with Gasteiger partial charge in [-0.05, 0) is 6.92 Å². The summed E-state index contributed by atoms with van der Waals surface area (Å²) in [5.74, 6) is -0.360. The first-order valence-corrected chi connectivity index (χ1v) is 3.73. The van der Waals surface area contributed by atoms with Gasteiger partial charge in [-0.15, -0.1) is 12.6 Å². The highest BCUT2D eigenvalue weighted by Gasteiger charge is 2.16. The van der Waals surface area contributed by atoms with E-state index >= 15 is 0 Å². The molecule has 2 unspecified atom stereocenters.